The third kappa shape index (κ3) is 3.57. The zero-order valence-corrected chi connectivity index (χ0v) is 12.1. The van der Waals surface area contributed by atoms with Gasteiger partial charge in [0, 0.05) is 19.6 Å². The first-order chi connectivity index (χ1) is 8.16. The van der Waals surface area contributed by atoms with E-state index in [4.69, 9.17) is 12.2 Å². The summed E-state index contributed by atoms with van der Waals surface area (Å²) in [4.78, 5) is 2.41. The lowest BCUT2D eigenvalue weighted by Gasteiger charge is -2.42. The van der Waals surface area contributed by atoms with Crippen LogP contribution in [0, 0.1) is 17.8 Å². The molecule has 2 rings (SSSR count). The summed E-state index contributed by atoms with van der Waals surface area (Å²) >= 11 is 5.50. The minimum absolute atomic E-state index is 0.667. The molecule has 0 aromatic heterocycles. The van der Waals surface area contributed by atoms with Gasteiger partial charge in [0.25, 0.3) is 0 Å². The minimum Gasteiger partial charge on any atom is -0.362 e. The fourth-order valence-electron chi connectivity index (χ4n) is 3.19. The van der Waals surface area contributed by atoms with Crippen LogP contribution < -0.4 is 5.32 Å². The number of thiocarbonyl (C=S) groups is 1. The van der Waals surface area contributed by atoms with E-state index >= 15 is 0 Å². The molecule has 0 bridgehead atoms. The summed E-state index contributed by atoms with van der Waals surface area (Å²) in [5.74, 6) is 2.57. The maximum atomic E-state index is 5.50. The van der Waals surface area contributed by atoms with Crippen molar-refractivity contribution in [3.8, 4) is 0 Å². The Bertz CT molecular complexity index is 265. The molecule has 0 radical (unpaired) electrons. The molecule has 1 saturated heterocycles. The molecule has 0 amide bonds. The summed E-state index contributed by atoms with van der Waals surface area (Å²) < 4.78 is 0. The first-order valence-electron chi connectivity index (χ1n) is 7.19. The van der Waals surface area contributed by atoms with Gasteiger partial charge < -0.3 is 10.2 Å². The first-order valence-corrected chi connectivity index (χ1v) is 7.60. The van der Waals surface area contributed by atoms with Gasteiger partial charge in [-0.25, -0.2) is 0 Å². The second kappa shape index (κ2) is 6.03. The van der Waals surface area contributed by atoms with Gasteiger partial charge in [-0.1, -0.05) is 33.1 Å². The summed E-state index contributed by atoms with van der Waals surface area (Å²) in [7, 11) is 0. The molecule has 2 fully saturated rings. The number of hydrogen-bond acceptors (Lipinski definition) is 1. The molecular weight excluding hydrogens is 228 g/mol. The smallest absolute Gasteiger partial charge is 0.168 e. The summed E-state index contributed by atoms with van der Waals surface area (Å²) in [6, 6.07) is 0. The quantitative estimate of drug-likeness (QED) is 0.763. The number of likely N-dealkylation sites (tertiary alicyclic amines) is 1. The highest BCUT2D eigenvalue weighted by molar-refractivity contribution is 7.80. The van der Waals surface area contributed by atoms with E-state index in [2.05, 4.69) is 24.1 Å². The van der Waals surface area contributed by atoms with Gasteiger partial charge in [0.1, 0.15) is 0 Å². The van der Waals surface area contributed by atoms with E-state index < -0.39 is 0 Å². The fraction of sp³-hybridized carbons (Fsp3) is 0.929. The first kappa shape index (κ1) is 13.1. The molecule has 2 aliphatic rings. The van der Waals surface area contributed by atoms with E-state index in [0.717, 1.165) is 23.5 Å². The van der Waals surface area contributed by atoms with Gasteiger partial charge in [0.2, 0.25) is 0 Å². The molecule has 1 heterocycles. The molecule has 1 saturated carbocycles. The lowest BCUT2D eigenvalue weighted by molar-refractivity contribution is 0.129. The van der Waals surface area contributed by atoms with Crippen LogP contribution in [0.25, 0.3) is 0 Å². The van der Waals surface area contributed by atoms with Crippen LogP contribution >= 0.6 is 12.2 Å². The van der Waals surface area contributed by atoms with Gasteiger partial charge in [-0.3, -0.25) is 0 Å². The Morgan fingerprint density at radius 3 is 2.65 bits per heavy atom. The van der Waals surface area contributed by atoms with Gasteiger partial charge in [-0.15, -0.1) is 0 Å². The van der Waals surface area contributed by atoms with Gasteiger partial charge >= 0.3 is 0 Å². The monoisotopic (exact) mass is 254 g/mol. The van der Waals surface area contributed by atoms with E-state index in [1.54, 1.807) is 0 Å². The predicted molar refractivity (Wildman–Crippen MR) is 77.1 cm³/mol. The zero-order valence-electron chi connectivity index (χ0n) is 11.2. The van der Waals surface area contributed by atoms with Gasteiger partial charge in [-0.2, -0.15) is 0 Å². The van der Waals surface area contributed by atoms with Crippen molar-refractivity contribution in [1.82, 2.24) is 10.2 Å². The molecule has 0 aromatic carbocycles. The number of piperidine rings is 1. The van der Waals surface area contributed by atoms with Crippen LogP contribution in [0.1, 0.15) is 46.0 Å². The summed E-state index contributed by atoms with van der Waals surface area (Å²) in [6.45, 7) is 7.83. The van der Waals surface area contributed by atoms with E-state index in [1.165, 1.54) is 45.2 Å². The second-order valence-electron chi connectivity index (χ2n) is 6.12. The Hall–Kier alpha value is -0.310. The predicted octanol–water partition coefficient (Wildman–Crippen LogP) is 3.03. The zero-order chi connectivity index (χ0) is 12.3. The van der Waals surface area contributed by atoms with Crippen molar-refractivity contribution in [3.05, 3.63) is 0 Å². The summed E-state index contributed by atoms with van der Waals surface area (Å²) in [5.41, 5.74) is 0. The van der Waals surface area contributed by atoms with Crippen LogP contribution in [0.15, 0.2) is 0 Å². The van der Waals surface area contributed by atoms with Crippen LogP contribution in [0.4, 0.5) is 0 Å². The van der Waals surface area contributed by atoms with Crippen molar-refractivity contribution in [2.75, 3.05) is 19.6 Å². The number of nitrogens with one attached hydrogen (secondary N) is 1. The van der Waals surface area contributed by atoms with Crippen molar-refractivity contribution in [1.29, 1.82) is 0 Å². The molecule has 2 nitrogen and oxygen atoms in total. The van der Waals surface area contributed by atoms with Crippen LogP contribution in [0.3, 0.4) is 0 Å². The highest BCUT2D eigenvalue weighted by Crippen LogP contribution is 2.35. The number of fused-ring (bicyclic) bond motifs is 1. The summed E-state index contributed by atoms with van der Waals surface area (Å²) in [5, 5.41) is 4.39. The standard InChI is InChI=1S/C14H26N2S/c1-11(2)9-15-14(17)16-8-7-12-5-3-4-6-13(12)10-16/h11-13H,3-10H2,1-2H3,(H,15,17). The van der Waals surface area contributed by atoms with Crippen LogP contribution in [-0.2, 0) is 0 Å². The van der Waals surface area contributed by atoms with Gasteiger partial charge in [0.15, 0.2) is 5.11 Å². The average Bonchev–Trinajstić information content (AvgIpc) is 2.35. The third-order valence-electron chi connectivity index (χ3n) is 4.24. The van der Waals surface area contributed by atoms with Crippen molar-refractivity contribution in [3.63, 3.8) is 0 Å². The number of rotatable bonds is 2. The maximum absolute atomic E-state index is 5.50. The third-order valence-corrected chi connectivity index (χ3v) is 4.64. The van der Waals surface area contributed by atoms with Crippen molar-refractivity contribution >= 4 is 17.3 Å². The normalized spacial score (nSPS) is 29.0. The molecule has 0 aromatic rings. The topological polar surface area (TPSA) is 15.3 Å². The lowest BCUT2D eigenvalue weighted by atomic mass is 9.75. The van der Waals surface area contributed by atoms with E-state index in [9.17, 15) is 0 Å². The maximum Gasteiger partial charge on any atom is 0.168 e. The Morgan fingerprint density at radius 2 is 1.94 bits per heavy atom. The molecule has 1 aliphatic carbocycles. The fourth-order valence-corrected chi connectivity index (χ4v) is 3.44. The molecular formula is C14H26N2S. The average molecular weight is 254 g/mol. The molecule has 1 N–H and O–H groups in total. The highest BCUT2D eigenvalue weighted by Gasteiger charge is 2.31. The molecule has 98 valence electrons. The number of nitrogens with zero attached hydrogens (tertiary/aromatic N) is 1. The van der Waals surface area contributed by atoms with E-state index in [-0.39, 0.29) is 0 Å². The Morgan fingerprint density at radius 1 is 1.24 bits per heavy atom. The van der Waals surface area contributed by atoms with Crippen molar-refractivity contribution in [2.45, 2.75) is 46.0 Å². The molecule has 0 spiro atoms. The van der Waals surface area contributed by atoms with Gasteiger partial charge in [0.05, 0.1) is 0 Å². The Kier molecular flexibility index (Phi) is 4.66. The minimum atomic E-state index is 0.667. The molecule has 1 aliphatic heterocycles. The molecule has 2 unspecified atom stereocenters. The second-order valence-corrected chi connectivity index (χ2v) is 6.51. The summed E-state index contributed by atoms with van der Waals surface area (Å²) in [6.07, 6.45) is 7.13. The Labute approximate surface area is 111 Å². The molecule has 17 heavy (non-hydrogen) atoms. The van der Waals surface area contributed by atoms with Crippen LogP contribution in [0.5, 0.6) is 0 Å². The highest BCUT2D eigenvalue weighted by atomic mass is 32.1. The van der Waals surface area contributed by atoms with E-state index in [1.807, 2.05) is 0 Å². The SMILES string of the molecule is CC(C)CNC(=S)N1CCC2CCCCC2C1. The number of hydrogen-bond donors (Lipinski definition) is 1. The molecule has 2 atom stereocenters. The lowest BCUT2D eigenvalue weighted by Crippen LogP contribution is -2.49. The van der Waals surface area contributed by atoms with Crippen LogP contribution in [-0.4, -0.2) is 29.6 Å². The van der Waals surface area contributed by atoms with Gasteiger partial charge in [-0.05, 0) is 42.8 Å². The van der Waals surface area contributed by atoms with E-state index in [0.29, 0.717) is 5.92 Å². The molecule has 3 heteroatoms. The van der Waals surface area contributed by atoms with Crippen LogP contribution in [0.2, 0.25) is 0 Å². The van der Waals surface area contributed by atoms with Crippen molar-refractivity contribution in [2.24, 2.45) is 17.8 Å². The largest absolute Gasteiger partial charge is 0.362 e. The van der Waals surface area contributed by atoms with Crippen molar-refractivity contribution < 1.29 is 0 Å². The Balaban J connectivity index is 1.80.